The Kier molecular flexibility index (Phi) is 4.51. The zero-order valence-corrected chi connectivity index (χ0v) is 14.2. The number of aromatic nitrogens is 1. The molecular formula is C16H10N3O7P. The van der Waals surface area contributed by atoms with E-state index in [2.05, 4.69) is 4.52 Å². The summed E-state index contributed by atoms with van der Waals surface area (Å²) in [5.74, 6) is -0.185. The maximum atomic E-state index is 12.6. The average Bonchev–Trinajstić information content (AvgIpc) is 2.60. The molecule has 136 valence electrons. The molecule has 0 fully saturated rings. The lowest BCUT2D eigenvalue weighted by Gasteiger charge is -2.13. The maximum absolute atomic E-state index is 12.6. The van der Waals surface area contributed by atoms with E-state index >= 15 is 0 Å². The number of non-ortho nitro benzene ring substituents is 1. The Morgan fingerprint density at radius 2 is 1.81 bits per heavy atom. The Morgan fingerprint density at radius 3 is 2.37 bits per heavy atom. The molecule has 0 aliphatic heterocycles. The van der Waals surface area contributed by atoms with Crippen molar-refractivity contribution < 1.29 is 23.8 Å². The van der Waals surface area contributed by atoms with Crippen LogP contribution in [0.25, 0.3) is 16.6 Å². The van der Waals surface area contributed by atoms with Crippen molar-refractivity contribution in [3.8, 4) is 17.5 Å². The van der Waals surface area contributed by atoms with Gasteiger partial charge in [0.1, 0.15) is 17.4 Å². The molecule has 0 saturated heterocycles. The predicted molar refractivity (Wildman–Crippen MR) is 93.6 cm³/mol. The average molecular weight is 387 g/mol. The Labute approximate surface area is 150 Å². The highest BCUT2D eigenvalue weighted by molar-refractivity contribution is 7.46. The van der Waals surface area contributed by atoms with Crippen molar-refractivity contribution in [1.29, 1.82) is 5.26 Å². The molecule has 2 aromatic carbocycles. The summed E-state index contributed by atoms with van der Waals surface area (Å²) in [4.78, 5) is 40.8. The maximum Gasteiger partial charge on any atom is 0.524 e. The Hall–Kier alpha value is -3.51. The number of hydrogen-bond acceptors (Lipinski definition) is 6. The normalized spacial score (nSPS) is 11.1. The number of phosphoric acid groups is 1. The zero-order chi connectivity index (χ0) is 19.8. The largest absolute Gasteiger partial charge is 0.524 e. The Balaban J connectivity index is 2.30. The minimum Gasteiger partial charge on any atom is -0.404 e. The molecule has 1 heterocycles. The van der Waals surface area contributed by atoms with Gasteiger partial charge in [0, 0.05) is 29.3 Å². The minimum absolute atomic E-state index is 0.162. The summed E-state index contributed by atoms with van der Waals surface area (Å²) in [7, 11) is -4.81. The lowest BCUT2D eigenvalue weighted by atomic mass is 10.1. The van der Waals surface area contributed by atoms with E-state index in [-0.39, 0.29) is 28.2 Å². The first-order valence-electron chi connectivity index (χ1n) is 7.29. The second-order valence-corrected chi connectivity index (χ2v) is 6.55. The van der Waals surface area contributed by atoms with E-state index in [0.29, 0.717) is 5.39 Å². The quantitative estimate of drug-likeness (QED) is 0.392. The fraction of sp³-hybridized carbons (Fsp3) is 0. The van der Waals surface area contributed by atoms with E-state index in [1.807, 2.05) is 0 Å². The monoisotopic (exact) mass is 387 g/mol. The fourth-order valence-corrected chi connectivity index (χ4v) is 2.93. The molecule has 1 aromatic heterocycles. The van der Waals surface area contributed by atoms with E-state index in [4.69, 9.17) is 9.79 Å². The molecule has 0 amide bonds. The molecule has 0 aliphatic rings. The van der Waals surface area contributed by atoms with Crippen molar-refractivity contribution in [3.63, 3.8) is 0 Å². The second kappa shape index (κ2) is 6.66. The van der Waals surface area contributed by atoms with Gasteiger partial charge in [0.05, 0.1) is 10.4 Å². The summed E-state index contributed by atoms with van der Waals surface area (Å²) in [5, 5.41) is 20.4. The van der Waals surface area contributed by atoms with Crippen LogP contribution in [0.1, 0.15) is 5.56 Å². The highest BCUT2D eigenvalue weighted by Crippen LogP contribution is 2.38. The second-order valence-electron chi connectivity index (χ2n) is 5.39. The lowest BCUT2D eigenvalue weighted by molar-refractivity contribution is -0.384. The van der Waals surface area contributed by atoms with Crippen LogP contribution in [0.4, 0.5) is 5.69 Å². The van der Waals surface area contributed by atoms with Crippen molar-refractivity contribution in [2.75, 3.05) is 0 Å². The first kappa shape index (κ1) is 18.3. The first-order chi connectivity index (χ1) is 12.7. The number of phosphoric ester groups is 1. The van der Waals surface area contributed by atoms with Gasteiger partial charge in [0.15, 0.2) is 0 Å². The smallest absolute Gasteiger partial charge is 0.404 e. The van der Waals surface area contributed by atoms with Gasteiger partial charge in [-0.15, -0.1) is 0 Å². The summed E-state index contributed by atoms with van der Waals surface area (Å²) >= 11 is 0. The van der Waals surface area contributed by atoms with Gasteiger partial charge < -0.3 is 4.52 Å². The summed E-state index contributed by atoms with van der Waals surface area (Å²) in [6.07, 6.45) is 0. The van der Waals surface area contributed by atoms with Gasteiger partial charge in [-0.1, -0.05) is 0 Å². The van der Waals surface area contributed by atoms with Gasteiger partial charge >= 0.3 is 7.82 Å². The summed E-state index contributed by atoms with van der Waals surface area (Å²) in [6, 6.07) is 12.1. The van der Waals surface area contributed by atoms with Crippen LogP contribution in [0.3, 0.4) is 0 Å². The number of nitriles is 1. The molecule has 0 aliphatic carbocycles. The molecule has 0 saturated carbocycles. The third kappa shape index (κ3) is 3.70. The van der Waals surface area contributed by atoms with Crippen LogP contribution in [0.5, 0.6) is 5.75 Å². The van der Waals surface area contributed by atoms with Crippen molar-refractivity contribution in [3.05, 3.63) is 74.6 Å². The van der Waals surface area contributed by atoms with Crippen LogP contribution < -0.4 is 10.1 Å². The van der Waals surface area contributed by atoms with Gasteiger partial charge in [-0.3, -0.25) is 29.3 Å². The molecule has 0 unspecified atom stereocenters. The van der Waals surface area contributed by atoms with Gasteiger partial charge in [-0.2, -0.15) is 5.26 Å². The molecule has 10 nitrogen and oxygen atoms in total. The van der Waals surface area contributed by atoms with Gasteiger partial charge in [-0.05, 0) is 30.3 Å². The molecule has 27 heavy (non-hydrogen) atoms. The van der Waals surface area contributed by atoms with Crippen LogP contribution in [0.2, 0.25) is 0 Å². The van der Waals surface area contributed by atoms with E-state index in [1.54, 1.807) is 6.07 Å². The molecule has 11 heteroatoms. The third-order valence-electron chi connectivity index (χ3n) is 3.64. The highest BCUT2D eigenvalue weighted by atomic mass is 31.2. The van der Waals surface area contributed by atoms with Gasteiger partial charge in [0.25, 0.3) is 11.2 Å². The summed E-state index contributed by atoms with van der Waals surface area (Å²) in [6.45, 7) is 0. The number of pyridine rings is 1. The van der Waals surface area contributed by atoms with Crippen LogP contribution in [-0.2, 0) is 4.57 Å². The van der Waals surface area contributed by atoms with Crippen LogP contribution in [-0.4, -0.2) is 19.3 Å². The summed E-state index contributed by atoms with van der Waals surface area (Å²) in [5.41, 5.74) is -0.588. The van der Waals surface area contributed by atoms with E-state index in [1.165, 1.54) is 48.5 Å². The van der Waals surface area contributed by atoms with Crippen LogP contribution in [0.15, 0.2) is 53.3 Å². The number of rotatable bonds is 4. The van der Waals surface area contributed by atoms with E-state index in [0.717, 1.165) is 4.57 Å². The number of nitrogens with zero attached hydrogens (tertiary/aromatic N) is 3. The SMILES string of the molecule is N#Cc1cc2ccc(OP(=O)(O)O)cc2n(-c2ccc([N+](=O)[O-])cc2)c1=O. The first-order valence-corrected chi connectivity index (χ1v) is 8.82. The molecule has 3 aromatic rings. The molecule has 3 rings (SSSR count). The minimum atomic E-state index is -4.81. The topological polar surface area (TPSA) is 156 Å². The molecular weight excluding hydrogens is 377 g/mol. The molecule has 0 atom stereocenters. The van der Waals surface area contributed by atoms with Crippen LogP contribution >= 0.6 is 7.82 Å². The number of fused-ring (bicyclic) bond motifs is 1. The van der Waals surface area contributed by atoms with Gasteiger partial charge in [-0.25, -0.2) is 4.57 Å². The van der Waals surface area contributed by atoms with E-state index in [9.17, 15) is 24.7 Å². The Morgan fingerprint density at radius 1 is 1.15 bits per heavy atom. The third-order valence-corrected chi connectivity index (χ3v) is 4.09. The molecule has 0 spiro atoms. The highest BCUT2D eigenvalue weighted by Gasteiger charge is 2.18. The molecule has 0 bridgehead atoms. The number of nitro benzene ring substituents is 1. The zero-order valence-electron chi connectivity index (χ0n) is 13.3. The summed E-state index contributed by atoms with van der Waals surface area (Å²) < 4.78 is 16.7. The number of benzene rings is 2. The Bertz CT molecular complexity index is 1210. The van der Waals surface area contributed by atoms with Crippen molar-refractivity contribution in [1.82, 2.24) is 4.57 Å². The molecule has 0 radical (unpaired) electrons. The lowest BCUT2D eigenvalue weighted by Crippen LogP contribution is -2.21. The van der Waals surface area contributed by atoms with Crippen molar-refractivity contribution in [2.45, 2.75) is 0 Å². The van der Waals surface area contributed by atoms with E-state index < -0.39 is 18.3 Å². The number of nitro groups is 1. The fourth-order valence-electron chi connectivity index (χ4n) is 2.54. The number of hydrogen-bond donors (Lipinski definition) is 2. The predicted octanol–water partition coefficient (Wildman–Crippen LogP) is 2.24. The van der Waals surface area contributed by atoms with Gasteiger partial charge in [0.2, 0.25) is 0 Å². The van der Waals surface area contributed by atoms with Crippen molar-refractivity contribution in [2.24, 2.45) is 0 Å². The standard InChI is InChI=1S/C16H10N3O7P/c17-9-11-7-10-1-6-14(26-27(23,24)25)8-15(10)18(16(11)20)12-2-4-13(5-3-12)19(21)22/h1-8H,(H2,23,24,25). The van der Waals surface area contributed by atoms with Crippen molar-refractivity contribution >= 4 is 24.4 Å². The molecule has 2 N–H and O–H groups in total. The van der Waals surface area contributed by atoms with Crippen LogP contribution in [0, 0.1) is 21.4 Å².